The summed E-state index contributed by atoms with van der Waals surface area (Å²) in [5.41, 5.74) is 0. The van der Waals surface area contributed by atoms with Gasteiger partial charge in [0, 0.05) is 6.61 Å². The summed E-state index contributed by atoms with van der Waals surface area (Å²) in [6.07, 6.45) is 1.89. The lowest BCUT2D eigenvalue weighted by Gasteiger charge is -2.16. The van der Waals surface area contributed by atoms with E-state index in [0.717, 1.165) is 12.8 Å². The normalized spacial score (nSPS) is 14.4. The molecule has 0 aromatic carbocycles. The van der Waals surface area contributed by atoms with E-state index in [2.05, 4.69) is 6.92 Å². The van der Waals surface area contributed by atoms with Crippen LogP contribution in [0.25, 0.3) is 0 Å². The lowest BCUT2D eigenvalue weighted by molar-refractivity contribution is -0.146. The molecule has 0 aliphatic carbocycles. The third-order valence-corrected chi connectivity index (χ3v) is 1.97. The largest absolute Gasteiger partial charge is 0.481 e. The summed E-state index contributed by atoms with van der Waals surface area (Å²) in [4.78, 5) is 10.5. The van der Waals surface area contributed by atoms with Crippen LogP contribution in [0.1, 0.15) is 33.6 Å². The molecule has 0 saturated carbocycles. The van der Waals surface area contributed by atoms with Crippen molar-refractivity contribution in [3.8, 4) is 0 Å². The lowest BCUT2D eigenvalue weighted by atomic mass is 10.1. The molecule has 4 heteroatoms. The van der Waals surface area contributed by atoms with Crippen LogP contribution < -0.4 is 0 Å². The average Bonchev–Trinajstić information content (AvgIpc) is 2.03. The fourth-order valence-electron chi connectivity index (χ4n) is 0.759. The summed E-state index contributed by atoms with van der Waals surface area (Å²) in [7, 11) is 0. The van der Waals surface area contributed by atoms with E-state index in [9.17, 15) is 4.79 Å². The summed E-state index contributed by atoms with van der Waals surface area (Å²) < 4.78 is 5.32. The Morgan fingerprint density at radius 2 is 2.00 bits per heavy atom. The minimum Gasteiger partial charge on any atom is -0.481 e. The van der Waals surface area contributed by atoms with Gasteiger partial charge in [-0.25, -0.2) is 0 Å². The van der Waals surface area contributed by atoms with E-state index in [0.29, 0.717) is 6.61 Å². The van der Waals surface area contributed by atoms with Gasteiger partial charge in [-0.15, -0.1) is 12.4 Å². The van der Waals surface area contributed by atoms with Gasteiger partial charge in [-0.1, -0.05) is 13.3 Å². The van der Waals surface area contributed by atoms with Gasteiger partial charge in [-0.05, 0) is 20.3 Å². The number of unbranched alkanes of at least 4 members (excludes halogenated alkanes) is 1. The van der Waals surface area contributed by atoms with Crippen molar-refractivity contribution in [1.29, 1.82) is 0 Å². The molecule has 0 rings (SSSR count). The molecule has 0 saturated heterocycles. The lowest BCUT2D eigenvalue weighted by Crippen LogP contribution is -2.25. The number of carboxylic acid groups (broad SMARTS) is 1. The monoisotopic (exact) mass is 210 g/mol. The van der Waals surface area contributed by atoms with E-state index < -0.39 is 11.9 Å². The topological polar surface area (TPSA) is 46.5 Å². The Bertz CT molecular complexity index is 139. The Hall–Kier alpha value is -0.280. The Kier molecular flexibility index (Phi) is 9.74. The van der Waals surface area contributed by atoms with E-state index in [1.165, 1.54) is 0 Å². The van der Waals surface area contributed by atoms with Crippen molar-refractivity contribution in [3.63, 3.8) is 0 Å². The van der Waals surface area contributed by atoms with Crippen LogP contribution in [-0.4, -0.2) is 23.8 Å². The number of ether oxygens (including phenoxy) is 1. The number of hydrogen-bond acceptors (Lipinski definition) is 2. The van der Waals surface area contributed by atoms with Gasteiger partial charge in [0.15, 0.2) is 0 Å². The average molecular weight is 211 g/mol. The number of carbonyl (C=O) groups is 1. The van der Waals surface area contributed by atoms with Gasteiger partial charge in [0.1, 0.15) is 0 Å². The molecule has 0 aromatic heterocycles. The van der Waals surface area contributed by atoms with Gasteiger partial charge < -0.3 is 9.84 Å². The summed E-state index contributed by atoms with van der Waals surface area (Å²) in [6, 6.07) is 0. The first-order valence-corrected chi connectivity index (χ1v) is 4.44. The fourth-order valence-corrected chi connectivity index (χ4v) is 0.759. The number of halogens is 1. The summed E-state index contributed by atoms with van der Waals surface area (Å²) in [5.74, 6) is -1.21. The smallest absolute Gasteiger partial charge is 0.308 e. The molecular formula is C9H19ClO3. The molecule has 3 nitrogen and oxygen atoms in total. The minimum absolute atomic E-state index is 0. The number of rotatable bonds is 6. The van der Waals surface area contributed by atoms with Crippen LogP contribution in [0.5, 0.6) is 0 Å². The molecule has 0 bridgehead atoms. The molecule has 0 aromatic rings. The van der Waals surface area contributed by atoms with Gasteiger partial charge in [-0.3, -0.25) is 4.79 Å². The van der Waals surface area contributed by atoms with Gasteiger partial charge in [0.05, 0.1) is 12.0 Å². The summed E-state index contributed by atoms with van der Waals surface area (Å²) in [6.45, 7) is 6.21. The molecule has 2 unspecified atom stereocenters. The number of carboxylic acids is 1. The molecule has 13 heavy (non-hydrogen) atoms. The second-order valence-electron chi connectivity index (χ2n) is 3.06. The minimum atomic E-state index is -0.793. The van der Waals surface area contributed by atoms with E-state index in [-0.39, 0.29) is 18.5 Å². The van der Waals surface area contributed by atoms with Crippen LogP contribution in [-0.2, 0) is 9.53 Å². The quantitative estimate of drug-likeness (QED) is 0.685. The molecular weight excluding hydrogens is 192 g/mol. The molecule has 1 N–H and O–H groups in total. The van der Waals surface area contributed by atoms with Crippen LogP contribution in [0.3, 0.4) is 0 Å². The first kappa shape index (κ1) is 15.2. The van der Waals surface area contributed by atoms with Crippen LogP contribution in [0, 0.1) is 5.92 Å². The van der Waals surface area contributed by atoms with Crippen molar-refractivity contribution < 1.29 is 14.6 Å². The van der Waals surface area contributed by atoms with Crippen molar-refractivity contribution >= 4 is 18.4 Å². The predicted octanol–water partition coefficient (Wildman–Crippen LogP) is 2.33. The Morgan fingerprint density at radius 1 is 1.46 bits per heavy atom. The van der Waals surface area contributed by atoms with Crippen LogP contribution in [0.2, 0.25) is 0 Å². The maximum Gasteiger partial charge on any atom is 0.308 e. The standard InChI is InChI=1S/C9H18O3.ClH/c1-4-5-6-12-8(3)7(2)9(10)11;/h7-8H,4-6H2,1-3H3,(H,10,11);1H. The third kappa shape index (κ3) is 6.84. The Morgan fingerprint density at radius 3 is 2.38 bits per heavy atom. The van der Waals surface area contributed by atoms with Crippen molar-refractivity contribution in [3.05, 3.63) is 0 Å². The van der Waals surface area contributed by atoms with Gasteiger partial charge in [0.25, 0.3) is 0 Å². The first-order chi connectivity index (χ1) is 5.59. The zero-order valence-electron chi connectivity index (χ0n) is 8.45. The SMILES string of the molecule is CCCCOC(C)C(C)C(=O)O.Cl. The zero-order chi connectivity index (χ0) is 9.56. The molecule has 0 heterocycles. The van der Waals surface area contributed by atoms with E-state index in [1.807, 2.05) is 0 Å². The van der Waals surface area contributed by atoms with Crippen LogP contribution in [0.4, 0.5) is 0 Å². The molecule has 80 valence electrons. The van der Waals surface area contributed by atoms with Gasteiger partial charge in [-0.2, -0.15) is 0 Å². The van der Waals surface area contributed by atoms with E-state index in [4.69, 9.17) is 9.84 Å². The van der Waals surface area contributed by atoms with Gasteiger partial charge in [0.2, 0.25) is 0 Å². The van der Waals surface area contributed by atoms with Crippen molar-refractivity contribution in [2.24, 2.45) is 5.92 Å². The number of hydrogen-bond donors (Lipinski definition) is 1. The second-order valence-corrected chi connectivity index (χ2v) is 3.06. The highest BCUT2D eigenvalue weighted by atomic mass is 35.5. The summed E-state index contributed by atoms with van der Waals surface area (Å²) >= 11 is 0. The zero-order valence-corrected chi connectivity index (χ0v) is 9.26. The molecule has 0 amide bonds. The van der Waals surface area contributed by atoms with E-state index in [1.54, 1.807) is 13.8 Å². The highest BCUT2D eigenvalue weighted by molar-refractivity contribution is 5.85. The van der Waals surface area contributed by atoms with Crippen molar-refractivity contribution in [2.45, 2.75) is 39.7 Å². The Balaban J connectivity index is 0. The summed E-state index contributed by atoms with van der Waals surface area (Å²) in [5, 5.41) is 8.63. The van der Waals surface area contributed by atoms with Crippen LogP contribution in [0.15, 0.2) is 0 Å². The molecule has 0 spiro atoms. The number of aliphatic carboxylic acids is 1. The van der Waals surface area contributed by atoms with Crippen molar-refractivity contribution in [1.82, 2.24) is 0 Å². The highest BCUT2D eigenvalue weighted by Crippen LogP contribution is 2.07. The molecule has 0 aliphatic heterocycles. The fraction of sp³-hybridized carbons (Fsp3) is 0.889. The van der Waals surface area contributed by atoms with Gasteiger partial charge >= 0.3 is 5.97 Å². The third-order valence-electron chi connectivity index (χ3n) is 1.97. The highest BCUT2D eigenvalue weighted by Gasteiger charge is 2.19. The first-order valence-electron chi connectivity index (χ1n) is 4.44. The predicted molar refractivity (Wildman–Crippen MR) is 54.4 cm³/mol. The van der Waals surface area contributed by atoms with E-state index >= 15 is 0 Å². The molecule has 0 fully saturated rings. The van der Waals surface area contributed by atoms with Crippen LogP contribution >= 0.6 is 12.4 Å². The second kappa shape index (κ2) is 8.32. The Labute approximate surface area is 85.9 Å². The molecule has 0 radical (unpaired) electrons. The molecule has 2 atom stereocenters. The maximum atomic E-state index is 10.5. The molecule has 0 aliphatic rings. The van der Waals surface area contributed by atoms with Crippen molar-refractivity contribution in [2.75, 3.05) is 6.61 Å². The maximum absolute atomic E-state index is 10.5.